The number of hydrogen-bond acceptors (Lipinski definition) is 1. The lowest BCUT2D eigenvalue weighted by Crippen LogP contribution is -2.41. The second kappa shape index (κ2) is 7.12. The van der Waals surface area contributed by atoms with E-state index in [0.717, 1.165) is 35.0 Å². The Morgan fingerprint density at radius 2 is 1.65 bits per heavy atom. The van der Waals surface area contributed by atoms with Gasteiger partial charge in [-0.1, -0.05) is 60.7 Å². The molecule has 1 aliphatic heterocycles. The molecule has 0 spiro atoms. The molecular formula is C24H27BrO. The quantitative estimate of drug-likeness (QED) is 0.411. The molecule has 0 bridgehead atoms. The van der Waals surface area contributed by atoms with Gasteiger partial charge >= 0.3 is 0 Å². The van der Waals surface area contributed by atoms with Crippen molar-refractivity contribution < 1.29 is 4.74 Å². The molecule has 26 heavy (non-hydrogen) atoms. The summed E-state index contributed by atoms with van der Waals surface area (Å²) in [4.78, 5) is 0. The van der Waals surface area contributed by atoms with Crippen LogP contribution in [0.2, 0.25) is 0 Å². The van der Waals surface area contributed by atoms with Gasteiger partial charge in [0.25, 0.3) is 0 Å². The standard InChI is InChI=1S/C24H27BrO/c1-6-17-7-9-18(10-8-17)11-12-19-13-20(15-25)22-21(14-19)23(2,3)16-24(4,5)26-22/h7-10,13-14H,6,15-16H2,1-5H3. The average Bonchev–Trinajstić information content (AvgIpc) is 2.58. The van der Waals surface area contributed by atoms with E-state index in [1.165, 1.54) is 16.7 Å². The minimum Gasteiger partial charge on any atom is -0.487 e. The number of benzene rings is 2. The van der Waals surface area contributed by atoms with Gasteiger partial charge in [-0.25, -0.2) is 0 Å². The predicted octanol–water partition coefficient (Wildman–Crippen LogP) is 6.38. The van der Waals surface area contributed by atoms with Crippen LogP contribution in [0.25, 0.3) is 0 Å². The fourth-order valence-corrected chi connectivity index (χ4v) is 4.34. The van der Waals surface area contributed by atoms with E-state index in [1.807, 2.05) is 0 Å². The van der Waals surface area contributed by atoms with Gasteiger partial charge in [0, 0.05) is 27.6 Å². The highest BCUT2D eigenvalue weighted by atomic mass is 79.9. The third-order valence-corrected chi connectivity index (χ3v) is 5.60. The lowest BCUT2D eigenvalue weighted by molar-refractivity contribution is 0.0524. The average molecular weight is 411 g/mol. The van der Waals surface area contributed by atoms with E-state index in [9.17, 15) is 0 Å². The molecular weight excluding hydrogens is 384 g/mol. The van der Waals surface area contributed by atoms with Crippen molar-refractivity contribution in [3.63, 3.8) is 0 Å². The monoisotopic (exact) mass is 410 g/mol. The van der Waals surface area contributed by atoms with Crippen LogP contribution in [0.15, 0.2) is 36.4 Å². The molecule has 2 heteroatoms. The molecule has 0 aliphatic carbocycles. The maximum Gasteiger partial charge on any atom is 0.127 e. The van der Waals surface area contributed by atoms with Gasteiger partial charge in [-0.3, -0.25) is 0 Å². The summed E-state index contributed by atoms with van der Waals surface area (Å²) in [6.07, 6.45) is 2.04. The highest BCUT2D eigenvalue weighted by molar-refractivity contribution is 9.08. The minimum atomic E-state index is -0.151. The summed E-state index contributed by atoms with van der Waals surface area (Å²) >= 11 is 3.63. The molecule has 1 heterocycles. The molecule has 3 rings (SSSR count). The lowest BCUT2D eigenvalue weighted by atomic mass is 9.73. The number of hydrogen-bond donors (Lipinski definition) is 0. The highest BCUT2D eigenvalue weighted by Gasteiger charge is 2.40. The van der Waals surface area contributed by atoms with E-state index in [4.69, 9.17) is 4.74 Å². The van der Waals surface area contributed by atoms with Crippen LogP contribution in [-0.2, 0) is 17.2 Å². The second-order valence-corrected chi connectivity index (χ2v) is 8.93. The molecule has 0 unspecified atom stereocenters. The van der Waals surface area contributed by atoms with Crippen LogP contribution in [0.5, 0.6) is 5.75 Å². The zero-order valence-electron chi connectivity index (χ0n) is 16.4. The highest BCUT2D eigenvalue weighted by Crippen LogP contribution is 2.47. The van der Waals surface area contributed by atoms with E-state index in [0.29, 0.717) is 0 Å². The summed E-state index contributed by atoms with van der Waals surface area (Å²) in [5.41, 5.74) is 5.79. The topological polar surface area (TPSA) is 9.23 Å². The van der Waals surface area contributed by atoms with Crippen molar-refractivity contribution in [1.29, 1.82) is 0 Å². The van der Waals surface area contributed by atoms with Gasteiger partial charge in [-0.2, -0.15) is 0 Å². The van der Waals surface area contributed by atoms with E-state index in [1.54, 1.807) is 0 Å². The van der Waals surface area contributed by atoms with Crippen LogP contribution < -0.4 is 4.74 Å². The van der Waals surface area contributed by atoms with Crippen LogP contribution in [0.1, 0.15) is 68.9 Å². The van der Waals surface area contributed by atoms with Crippen LogP contribution in [0, 0.1) is 11.8 Å². The minimum absolute atomic E-state index is 0.0640. The Labute approximate surface area is 166 Å². The maximum absolute atomic E-state index is 6.34. The Morgan fingerprint density at radius 3 is 2.27 bits per heavy atom. The fraction of sp³-hybridized carbons (Fsp3) is 0.417. The van der Waals surface area contributed by atoms with Crippen LogP contribution >= 0.6 is 15.9 Å². The van der Waals surface area contributed by atoms with Crippen molar-refractivity contribution in [3.8, 4) is 17.6 Å². The van der Waals surface area contributed by atoms with Gasteiger partial charge in [0.05, 0.1) is 0 Å². The Kier molecular flexibility index (Phi) is 5.22. The summed E-state index contributed by atoms with van der Waals surface area (Å²) in [6.45, 7) is 11.1. The van der Waals surface area contributed by atoms with Crippen LogP contribution in [-0.4, -0.2) is 5.60 Å². The van der Waals surface area contributed by atoms with Crippen molar-refractivity contribution in [1.82, 2.24) is 0 Å². The van der Waals surface area contributed by atoms with Crippen molar-refractivity contribution in [2.75, 3.05) is 0 Å². The third kappa shape index (κ3) is 3.99. The third-order valence-electron chi connectivity index (χ3n) is 5.00. The zero-order valence-corrected chi connectivity index (χ0v) is 18.0. The molecule has 0 aromatic heterocycles. The Morgan fingerprint density at radius 1 is 1.00 bits per heavy atom. The molecule has 0 saturated heterocycles. The number of halogens is 1. The molecule has 0 saturated carbocycles. The van der Waals surface area contributed by atoms with Crippen molar-refractivity contribution in [2.45, 2.75) is 63.8 Å². The normalized spacial score (nSPS) is 16.8. The Hall–Kier alpha value is -1.72. The molecule has 0 atom stereocenters. The van der Waals surface area contributed by atoms with Gasteiger partial charge in [0.1, 0.15) is 11.4 Å². The number of alkyl halides is 1. The van der Waals surface area contributed by atoms with Crippen molar-refractivity contribution in [2.24, 2.45) is 0 Å². The summed E-state index contributed by atoms with van der Waals surface area (Å²) in [5.74, 6) is 7.69. The fourth-order valence-electron chi connectivity index (χ4n) is 3.92. The molecule has 1 aliphatic rings. The van der Waals surface area contributed by atoms with E-state index in [-0.39, 0.29) is 11.0 Å². The van der Waals surface area contributed by atoms with Gasteiger partial charge < -0.3 is 4.74 Å². The molecule has 0 fully saturated rings. The summed E-state index contributed by atoms with van der Waals surface area (Å²) in [5, 5.41) is 0.766. The molecule has 0 N–H and O–H groups in total. The predicted molar refractivity (Wildman–Crippen MR) is 113 cm³/mol. The first-order chi connectivity index (χ1) is 12.2. The largest absolute Gasteiger partial charge is 0.487 e. The Bertz CT molecular complexity index is 864. The SMILES string of the molecule is CCc1ccc(C#Cc2cc(CBr)c3c(c2)C(C)(C)CC(C)(C)O3)cc1. The summed E-state index contributed by atoms with van der Waals surface area (Å²) in [7, 11) is 0. The second-order valence-electron chi connectivity index (χ2n) is 8.37. The van der Waals surface area contributed by atoms with E-state index in [2.05, 4.69) is 98.8 Å². The summed E-state index contributed by atoms with van der Waals surface area (Å²) < 4.78 is 6.34. The van der Waals surface area contributed by atoms with Crippen molar-refractivity contribution in [3.05, 3.63) is 64.2 Å². The van der Waals surface area contributed by atoms with Crippen LogP contribution in [0.4, 0.5) is 0 Å². The number of aryl methyl sites for hydroxylation is 1. The first kappa shape index (κ1) is 19.1. The van der Waals surface area contributed by atoms with E-state index >= 15 is 0 Å². The molecule has 0 radical (unpaired) electrons. The number of fused-ring (bicyclic) bond motifs is 1. The number of rotatable bonds is 2. The van der Waals surface area contributed by atoms with Crippen LogP contribution in [0.3, 0.4) is 0 Å². The van der Waals surface area contributed by atoms with E-state index < -0.39 is 0 Å². The molecule has 2 aromatic rings. The molecule has 0 amide bonds. The lowest BCUT2D eigenvalue weighted by Gasteiger charge is -2.43. The molecule has 2 aromatic carbocycles. The number of ether oxygens (including phenoxy) is 1. The first-order valence-electron chi connectivity index (χ1n) is 9.27. The molecule has 1 nitrogen and oxygen atoms in total. The van der Waals surface area contributed by atoms with Gasteiger partial charge in [0.15, 0.2) is 0 Å². The first-order valence-corrected chi connectivity index (χ1v) is 10.4. The summed E-state index contributed by atoms with van der Waals surface area (Å²) in [6, 6.07) is 12.9. The van der Waals surface area contributed by atoms with Gasteiger partial charge in [0.2, 0.25) is 0 Å². The van der Waals surface area contributed by atoms with Crippen molar-refractivity contribution >= 4 is 15.9 Å². The Balaban J connectivity index is 2.02. The zero-order chi connectivity index (χ0) is 18.9. The smallest absolute Gasteiger partial charge is 0.127 e. The van der Waals surface area contributed by atoms with Gasteiger partial charge in [-0.15, -0.1) is 0 Å². The van der Waals surface area contributed by atoms with Gasteiger partial charge in [-0.05, 0) is 61.9 Å². The molecule has 136 valence electrons. The maximum atomic E-state index is 6.34.